The molecule has 11 nitrogen and oxygen atoms in total. The van der Waals surface area contributed by atoms with Crippen LogP contribution >= 0.6 is 0 Å². The minimum atomic E-state index is -1.92. The van der Waals surface area contributed by atoms with Crippen LogP contribution in [-0.4, -0.2) is 64.3 Å². The summed E-state index contributed by atoms with van der Waals surface area (Å²) in [5.74, 6) is -2.03. The number of rotatable bonds is 10. The first kappa shape index (κ1) is 31.2. The third-order valence-electron chi connectivity index (χ3n) is 7.63. The molecule has 1 aliphatic heterocycles. The topological polar surface area (TPSA) is 146 Å². The maximum atomic E-state index is 15.2. The Morgan fingerprint density at radius 1 is 1.02 bits per heavy atom. The van der Waals surface area contributed by atoms with Crippen LogP contribution in [0.4, 0.5) is 20.8 Å². The molecule has 0 saturated carbocycles. The van der Waals surface area contributed by atoms with Gasteiger partial charge in [0.25, 0.3) is 5.91 Å². The molecule has 1 aromatic heterocycles. The summed E-state index contributed by atoms with van der Waals surface area (Å²) in [5.41, 5.74) is -1.82. The fraction of sp³-hybridized carbons (Fsp3) is 0.387. The van der Waals surface area contributed by atoms with Gasteiger partial charge in [0.05, 0.1) is 12.2 Å². The number of carboxylic acid groups (broad SMARTS) is 1. The molecule has 4 rings (SSSR count). The van der Waals surface area contributed by atoms with Gasteiger partial charge in [-0.05, 0) is 48.1 Å². The normalized spacial score (nSPS) is 15.2. The number of nitrogens with one attached hydrogen (secondary N) is 3. The first-order chi connectivity index (χ1) is 20.5. The van der Waals surface area contributed by atoms with Gasteiger partial charge in [0.1, 0.15) is 12.4 Å². The highest BCUT2D eigenvalue weighted by Gasteiger charge is 2.51. The molecule has 2 aromatic carbocycles. The fourth-order valence-corrected chi connectivity index (χ4v) is 4.92. The van der Waals surface area contributed by atoms with Crippen LogP contribution < -0.4 is 20.9 Å². The summed E-state index contributed by atoms with van der Waals surface area (Å²) in [7, 11) is 0. The number of amides is 2. The highest BCUT2D eigenvalue weighted by molar-refractivity contribution is 5.95. The predicted octanol–water partition coefficient (Wildman–Crippen LogP) is 4.22. The number of carbonyl (C=O) groups excluding carboxylic acids is 2. The summed E-state index contributed by atoms with van der Waals surface area (Å²) in [6.45, 7) is 5.58. The molecule has 2 amide bonds. The number of alkyl carbamates (subject to hydrolysis) is 1. The summed E-state index contributed by atoms with van der Waals surface area (Å²) in [6, 6.07) is 15.0. The van der Waals surface area contributed by atoms with Crippen molar-refractivity contribution in [1.29, 1.82) is 0 Å². The molecule has 0 aliphatic carbocycles. The van der Waals surface area contributed by atoms with Gasteiger partial charge < -0.3 is 30.7 Å². The van der Waals surface area contributed by atoms with Crippen molar-refractivity contribution in [3.8, 4) is 0 Å². The second-order valence-corrected chi connectivity index (χ2v) is 11.5. The Bertz CT molecular complexity index is 1410. The van der Waals surface area contributed by atoms with Crippen LogP contribution in [0.5, 0.6) is 0 Å². The molecule has 0 spiro atoms. The average Bonchev–Trinajstić information content (AvgIpc) is 2.99. The van der Waals surface area contributed by atoms with Crippen LogP contribution in [0.25, 0.3) is 0 Å². The molecule has 0 radical (unpaired) electrons. The Kier molecular flexibility index (Phi) is 9.79. The van der Waals surface area contributed by atoms with Crippen molar-refractivity contribution in [2.24, 2.45) is 5.41 Å². The Morgan fingerprint density at radius 3 is 2.30 bits per heavy atom. The number of carbonyl (C=O) groups is 3. The monoisotopic (exact) mass is 592 g/mol. The number of ether oxygens (including phenoxy) is 1. The van der Waals surface area contributed by atoms with Crippen molar-refractivity contribution in [2.75, 3.05) is 29.9 Å². The molecular weight excluding hydrogens is 555 g/mol. The van der Waals surface area contributed by atoms with Crippen molar-refractivity contribution in [1.82, 2.24) is 20.6 Å². The van der Waals surface area contributed by atoms with Crippen LogP contribution in [0.15, 0.2) is 67.0 Å². The highest BCUT2D eigenvalue weighted by atomic mass is 19.1. The van der Waals surface area contributed by atoms with E-state index in [9.17, 15) is 19.5 Å². The Labute approximate surface area is 249 Å². The number of benzene rings is 2. The smallest absolute Gasteiger partial charge is 0.408 e. The molecule has 0 unspecified atom stereocenters. The third-order valence-corrected chi connectivity index (χ3v) is 7.63. The largest absolute Gasteiger partial charge is 0.479 e. The van der Waals surface area contributed by atoms with Crippen molar-refractivity contribution in [3.63, 3.8) is 0 Å². The van der Waals surface area contributed by atoms with Crippen LogP contribution in [0.3, 0.4) is 0 Å². The van der Waals surface area contributed by atoms with E-state index in [-0.39, 0.29) is 18.2 Å². The van der Waals surface area contributed by atoms with Gasteiger partial charge in [0.2, 0.25) is 5.95 Å². The van der Waals surface area contributed by atoms with E-state index in [2.05, 4.69) is 25.9 Å². The number of nitrogens with zero attached hydrogens (tertiary/aromatic N) is 3. The number of piperidine rings is 1. The Balaban J connectivity index is 1.37. The molecule has 1 aliphatic rings. The fourth-order valence-electron chi connectivity index (χ4n) is 4.92. The summed E-state index contributed by atoms with van der Waals surface area (Å²) in [5, 5.41) is 18.5. The predicted molar refractivity (Wildman–Crippen MR) is 159 cm³/mol. The van der Waals surface area contributed by atoms with Crippen molar-refractivity contribution in [2.45, 2.75) is 51.8 Å². The first-order valence-electron chi connectivity index (χ1n) is 14.1. The Hall–Kier alpha value is -4.74. The average molecular weight is 593 g/mol. The Morgan fingerprint density at radius 2 is 1.70 bits per heavy atom. The molecule has 2 heterocycles. The summed E-state index contributed by atoms with van der Waals surface area (Å²) in [6.07, 6.45) is 3.90. The maximum absolute atomic E-state index is 15.2. The summed E-state index contributed by atoms with van der Waals surface area (Å²) < 4.78 is 20.5. The van der Waals surface area contributed by atoms with E-state index in [1.807, 2.05) is 11.0 Å². The van der Waals surface area contributed by atoms with E-state index in [1.54, 1.807) is 69.6 Å². The second kappa shape index (κ2) is 13.5. The molecule has 43 heavy (non-hydrogen) atoms. The van der Waals surface area contributed by atoms with Crippen LogP contribution in [-0.2, 0) is 16.1 Å². The minimum absolute atomic E-state index is 0.0267. The van der Waals surface area contributed by atoms with E-state index in [0.717, 1.165) is 24.5 Å². The molecule has 1 saturated heterocycles. The minimum Gasteiger partial charge on any atom is -0.479 e. The number of carboxylic acids is 1. The molecular formula is C31H37FN6O5. The lowest BCUT2D eigenvalue weighted by molar-refractivity contribution is -0.149. The molecule has 4 N–H and O–H groups in total. The molecule has 3 aromatic rings. The van der Waals surface area contributed by atoms with E-state index >= 15 is 4.39 Å². The van der Waals surface area contributed by atoms with E-state index in [4.69, 9.17) is 4.74 Å². The number of anilines is 2. The van der Waals surface area contributed by atoms with Gasteiger partial charge in [0, 0.05) is 37.1 Å². The summed E-state index contributed by atoms with van der Waals surface area (Å²) in [4.78, 5) is 48.5. The van der Waals surface area contributed by atoms with Gasteiger partial charge in [-0.25, -0.2) is 23.9 Å². The van der Waals surface area contributed by atoms with Crippen molar-refractivity contribution < 1.29 is 28.6 Å². The SMILES string of the molecule is CC(C)(C)[C@@](CNC(=O)c1ccc(N2CCC(Nc3ncccn3)CC2)c(F)c1)(NC(=O)OCc1ccccc1)C(=O)O. The zero-order valence-corrected chi connectivity index (χ0v) is 24.5. The van der Waals surface area contributed by atoms with Crippen LogP contribution in [0.2, 0.25) is 0 Å². The molecule has 228 valence electrons. The highest BCUT2D eigenvalue weighted by Crippen LogP contribution is 2.31. The number of hydrogen-bond acceptors (Lipinski definition) is 8. The third kappa shape index (κ3) is 7.76. The number of hydrogen-bond donors (Lipinski definition) is 4. The van der Waals surface area contributed by atoms with Gasteiger partial charge in [-0.15, -0.1) is 0 Å². The van der Waals surface area contributed by atoms with E-state index < -0.39 is 41.3 Å². The van der Waals surface area contributed by atoms with Gasteiger partial charge in [-0.3, -0.25) is 4.79 Å². The van der Waals surface area contributed by atoms with Crippen molar-refractivity contribution >= 4 is 29.6 Å². The molecule has 1 fully saturated rings. The lowest BCUT2D eigenvalue weighted by atomic mass is 9.73. The molecule has 1 atom stereocenters. The summed E-state index contributed by atoms with van der Waals surface area (Å²) >= 11 is 0. The number of halogens is 1. The van der Waals surface area contributed by atoms with Gasteiger partial charge in [0.15, 0.2) is 5.54 Å². The zero-order valence-electron chi connectivity index (χ0n) is 24.5. The number of aromatic nitrogens is 2. The second-order valence-electron chi connectivity index (χ2n) is 11.5. The quantitative estimate of drug-likeness (QED) is 0.272. The zero-order chi connectivity index (χ0) is 31.0. The lowest BCUT2D eigenvalue weighted by Crippen LogP contribution is -2.67. The van der Waals surface area contributed by atoms with Gasteiger partial charge in [-0.2, -0.15) is 0 Å². The molecule has 0 bridgehead atoms. The van der Waals surface area contributed by atoms with Crippen LogP contribution in [0, 0.1) is 11.2 Å². The van der Waals surface area contributed by atoms with Crippen LogP contribution in [0.1, 0.15) is 49.5 Å². The first-order valence-corrected chi connectivity index (χ1v) is 14.1. The van der Waals surface area contributed by atoms with E-state index in [1.165, 1.54) is 6.07 Å². The lowest BCUT2D eigenvalue weighted by Gasteiger charge is -2.41. The standard InChI is InChI=1S/C31H37FN6O5/c1-30(2,3)31(27(40)41,37-29(42)43-19-21-8-5-4-6-9-21)20-35-26(39)22-10-11-25(24(32)18-22)38-16-12-23(13-17-38)36-28-33-14-7-15-34-28/h4-11,14-15,18,23H,12-13,16-17,19-20H2,1-3H3,(H,35,39)(H,37,42)(H,40,41)(H,33,34,36)/t31-/m0/s1. The number of aliphatic carboxylic acids is 1. The molecule has 12 heteroatoms. The van der Waals surface area contributed by atoms with E-state index in [0.29, 0.717) is 24.7 Å². The van der Waals surface area contributed by atoms with Gasteiger partial charge in [-0.1, -0.05) is 51.1 Å². The maximum Gasteiger partial charge on any atom is 0.408 e. The van der Waals surface area contributed by atoms with Crippen molar-refractivity contribution in [3.05, 3.63) is 83.9 Å². The van der Waals surface area contributed by atoms with Gasteiger partial charge >= 0.3 is 12.1 Å².